The third kappa shape index (κ3) is 1.13. The number of rotatable bonds is 0. The van der Waals surface area contributed by atoms with Gasteiger partial charge in [-0.3, -0.25) is 0 Å². The summed E-state index contributed by atoms with van der Waals surface area (Å²) < 4.78 is 0. The van der Waals surface area contributed by atoms with Crippen LogP contribution in [0.1, 0.15) is 36.1 Å². The molecule has 0 saturated heterocycles. The van der Waals surface area contributed by atoms with Crippen LogP contribution in [0.4, 0.5) is 0 Å². The van der Waals surface area contributed by atoms with E-state index in [2.05, 4.69) is 39.8 Å². The third-order valence-electron chi connectivity index (χ3n) is 3.21. The number of fused-ring (bicyclic) bond motifs is 1. The minimum atomic E-state index is 1.16. The molecule has 0 fully saturated rings. The van der Waals surface area contributed by atoms with Gasteiger partial charge < -0.3 is 0 Å². The summed E-state index contributed by atoms with van der Waals surface area (Å²) in [6.07, 6.45) is 1.16. The van der Waals surface area contributed by atoms with Crippen LogP contribution < -0.4 is 0 Å². The van der Waals surface area contributed by atoms with Gasteiger partial charge in [0, 0.05) is 0 Å². The smallest absolute Gasteiger partial charge is 0.00552 e. The molecule has 0 spiro atoms. The average Bonchev–Trinajstić information content (AvgIpc) is 2.38. The first-order valence-corrected chi connectivity index (χ1v) is 4.87. The Morgan fingerprint density at radius 2 is 1.54 bits per heavy atom. The molecule has 0 atom stereocenters. The van der Waals surface area contributed by atoms with Crippen LogP contribution in [0.3, 0.4) is 0 Å². The molecule has 1 aliphatic rings. The minimum Gasteiger partial charge on any atom is -0.0654 e. The molecule has 68 valence electrons. The Bertz CT molecular complexity index is 395. The lowest BCUT2D eigenvalue weighted by molar-refractivity contribution is 1.15. The van der Waals surface area contributed by atoms with E-state index in [1.165, 1.54) is 27.8 Å². The van der Waals surface area contributed by atoms with Crippen LogP contribution in [0.5, 0.6) is 0 Å². The van der Waals surface area contributed by atoms with E-state index in [9.17, 15) is 0 Å². The first kappa shape index (κ1) is 8.55. The van der Waals surface area contributed by atoms with Gasteiger partial charge in [-0.15, -0.1) is 0 Å². The van der Waals surface area contributed by atoms with Gasteiger partial charge in [0.15, 0.2) is 0 Å². The molecular formula is C13H16. The van der Waals surface area contributed by atoms with Gasteiger partial charge in [-0.25, -0.2) is 0 Å². The molecule has 0 aromatic heterocycles. The summed E-state index contributed by atoms with van der Waals surface area (Å²) in [4.78, 5) is 0. The summed E-state index contributed by atoms with van der Waals surface area (Å²) in [5.74, 6) is 0. The van der Waals surface area contributed by atoms with Gasteiger partial charge in [-0.2, -0.15) is 0 Å². The van der Waals surface area contributed by atoms with Crippen molar-refractivity contribution >= 4 is 5.57 Å². The molecule has 0 saturated carbocycles. The number of benzene rings is 1. The lowest BCUT2D eigenvalue weighted by atomic mass is 9.97. The molecule has 0 heteroatoms. The summed E-state index contributed by atoms with van der Waals surface area (Å²) in [5, 5.41) is 0. The molecular weight excluding hydrogens is 156 g/mol. The maximum absolute atomic E-state index is 2.24. The second-order valence-electron chi connectivity index (χ2n) is 4.14. The highest BCUT2D eigenvalue weighted by atomic mass is 14.2. The molecule has 13 heavy (non-hydrogen) atoms. The van der Waals surface area contributed by atoms with Crippen molar-refractivity contribution in [2.75, 3.05) is 0 Å². The topological polar surface area (TPSA) is 0 Å². The summed E-state index contributed by atoms with van der Waals surface area (Å²) >= 11 is 0. The molecule has 0 nitrogen and oxygen atoms in total. The molecule has 2 rings (SSSR count). The van der Waals surface area contributed by atoms with Crippen molar-refractivity contribution in [1.82, 2.24) is 0 Å². The van der Waals surface area contributed by atoms with Gasteiger partial charge in [0.2, 0.25) is 0 Å². The van der Waals surface area contributed by atoms with Crippen molar-refractivity contribution in [3.8, 4) is 0 Å². The molecule has 0 bridgehead atoms. The number of allylic oxidation sites excluding steroid dienone is 2. The van der Waals surface area contributed by atoms with E-state index in [4.69, 9.17) is 0 Å². The second kappa shape index (κ2) is 2.73. The van der Waals surface area contributed by atoms with Crippen LogP contribution in [0.2, 0.25) is 0 Å². The van der Waals surface area contributed by atoms with Crippen LogP contribution in [-0.2, 0) is 6.42 Å². The summed E-state index contributed by atoms with van der Waals surface area (Å²) in [5.41, 5.74) is 8.96. The number of hydrogen-bond donors (Lipinski definition) is 0. The largest absolute Gasteiger partial charge is 0.0654 e. The van der Waals surface area contributed by atoms with Crippen LogP contribution in [0.25, 0.3) is 5.57 Å². The molecule has 1 aliphatic carbocycles. The number of hydrogen-bond acceptors (Lipinski definition) is 0. The first-order chi connectivity index (χ1) is 6.11. The van der Waals surface area contributed by atoms with Gasteiger partial charge in [0.25, 0.3) is 0 Å². The van der Waals surface area contributed by atoms with Gasteiger partial charge in [-0.1, -0.05) is 17.7 Å². The Labute approximate surface area is 80.3 Å². The van der Waals surface area contributed by atoms with E-state index in [0.717, 1.165) is 6.42 Å². The molecule has 0 N–H and O–H groups in total. The third-order valence-corrected chi connectivity index (χ3v) is 3.21. The molecule has 0 aliphatic heterocycles. The Balaban J connectivity index is 2.72. The molecule has 1 aromatic carbocycles. The Morgan fingerprint density at radius 1 is 0.923 bits per heavy atom. The zero-order chi connectivity index (χ0) is 9.59. The monoisotopic (exact) mass is 172 g/mol. The second-order valence-corrected chi connectivity index (χ2v) is 4.14. The molecule has 0 amide bonds. The SMILES string of the molecule is CC1=C(C)c2c(C)ccc(C)c2C1. The highest BCUT2D eigenvalue weighted by molar-refractivity contribution is 5.77. The fourth-order valence-electron chi connectivity index (χ4n) is 2.23. The van der Waals surface area contributed by atoms with E-state index in [0.29, 0.717) is 0 Å². The maximum Gasteiger partial charge on any atom is -0.00552 e. The Kier molecular flexibility index (Phi) is 1.80. The van der Waals surface area contributed by atoms with Gasteiger partial charge in [0.05, 0.1) is 0 Å². The first-order valence-electron chi connectivity index (χ1n) is 4.87. The van der Waals surface area contributed by atoms with Crippen molar-refractivity contribution in [3.63, 3.8) is 0 Å². The molecule has 0 unspecified atom stereocenters. The Morgan fingerprint density at radius 3 is 2.15 bits per heavy atom. The molecule has 1 aromatic rings. The van der Waals surface area contributed by atoms with Crippen molar-refractivity contribution in [1.29, 1.82) is 0 Å². The standard InChI is InChI=1S/C13H16/c1-8-5-6-9(2)13-11(4)10(3)7-12(8)13/h5-6H,7H2,1-4H3. The fraction of sp³-hybridized carbons (Fsp3) is 0.385. The van der Waals surface area contributed by atoms with Gasteiger partial charge in [0.1, 0.15) is 0 Å². The number of aryl methyl sites for hydroxylation is 2. The predicted octanol–water partition coefficient (Wildman–Crippen LogP) is 3.65. The highest BCUT2D eigenvalue weighted by Gasteiger charge is 2.18. The summed E-state index contributed by atoms with van der Waals surface area (Å²) in [7, 11) is 0. The fourth-order valence-corrected chi connectivity index (χ4v) is 2.23. The average molecular weight is 172 g/mol. The van der Waals surface area contributed by atoms with E-state index in [-0.39, 0.29) is 0 Å². The maximum atomic E-state index is 2.24. The summed E-state index contributed by atoms with van der Waals surface area (Å²) in [6.45, 7) is 8.91. The lowest BCUT2D eigenvalue weighted by Crippen LogP contribution is -1.91. The zero-order valence-electron chi connectivity index (χ0n) is 8.86. The van der Waals surface area contributed by atoms with Crippen LogP contribution in [0, 0.1) is 13.8 Å². The van der Waals surface area contributed by atoms with E-state index in [1.54, 1.807) is 5.56 Å². The van der Waals surface area contributed by atoms with Crippen LogP contribution >= 0.6 is 0 Å². The van der Waals surface area contributed by atoms with Crippen molar-refractivity contribution in [2.24, 2.45) is 0 Å². The predicted molar refractivity (Wildman–Crippen MR) is 57.9 cm³/mol. The quantitative estimate of drug-likeness (QED) is 0.560. The van der Waals surface area contributed by atoms with Crippen molar-refractivity contribution in [3.05, 3.63) is 40.0 Å². The van der Waals surface area contributed by atoms with Crippen molar-refractivity contribution < 1.29 is 0 Å². The highest BCUT2D eigenvalue weighted by Crippen LogP contribution is 2.36. The minimum absolute atomic E-state index is 1.16. The van der Waals surface area contributed by atoms with Crippen LogP contribution in [0.15, 0.2) is 17.7 Å². The van der Waals surface area contributed by atoms with Gasteiger partial charge >= 0.3 is 0 Å². The van der Waals surface area contributed by atoms with Crippen LogP contribution in [-0.4, -0.2) is 0 Å². The normalized spacial score (nSPS) is 15.1. The van der Waals surface area contributed by atoms with E-state index >= 15 is 0 Å². The molecule has 0 radical (unpaired) electrons. The van der Waals surface area contributed by atoms with Gasteiger partial charge in [-0.05, 0) is 61.9 Å². The Hall–Kier alpha value is -1.04. The van der Waals surface area contributed by atoms with Crippen molar-refractivity contribution in [2.45, 2.75) is 34.1 Å². The molecule has 0 heterocycles. The van der Waals surface area contributed by atoms with E-state index < -0.39 is 0 Å². The van der Waals surface area contributed by atoms with E-state index in [1.807, 2.05) is 0 Å². The lowest BCUT2D eigenvalue weighted by Gasteiger charge is -2.08. The summed E-state index contributed by atoms with van der Waals surface area (Å²) in [6, 6.07) is 4.47. The zero-order valence-corrected chi connectivity index (χ0v) is 8.86.